The Kier molecular flexibility index (Phi) is 18.4. The third-order valence-electron chi connectivity index (χ3n) is 5.22. The van der Waals surface area contributed by atoms with Gasteiger partial charge in [0.15, 0.2) is 0 Å². The lowest BCUT2D eigenvalue weighted by molar-refractivity contribution is -0.154. The molecule has 0 aromatic heterocycles. The van der Waals surface area contributed by atoms with Crippen LogP contribution >= 0.6 is 0 Å². The largest absolute Gasteiger partial charge is 0.461 e. The van der Waals surface area contributed by atoms with E-state index in [2.05, 4.69) is 13.2 Å². The molecule has 13 nitrogen and oxygen atoms in total. The van der Waals surface area contributed by atoms with Crippen molar-refractivity contribution in [2.45, 2.75) is 13.8 Å². The van der Waals surface area contributed by atoms with Crippen LogP contribution in [0.25, 0.3) is 0 Å². The summed E-state index contributed by atoms with van der Waals surface area (Å²) in [6.45, 7) is 5.19. The molecule has 0 aliphatic carbocycles. The minimum absolute atomic E-state index is 0.141. The molecule has 0 radical (unpaired) electrons. The average Bonchev–Trinajstić information content (AvgIpc) is 2.90. The van der Waals surface area contributed by atoms with Gasteiger partial charge in [-0.3, -0.25) is 0 Å². The van der Waals surface area contributed by atoms with Crippen molar-refractivity contribution in [3.63, 3.8) is 0 Å². The van der Waals surface area contributed by atoms with Crippen molar-refractivity contribution in [3.8, 4) is 0 Å². The summed E-state index contributed by atoms with van der Waals surface area (Å²) in [5.41, 5.74) is -3.17. The third kappa shape index (κ3) is 12.3. The maximum atomic E-state index is 11.3. The van der Waals surface area contributed by atoms with E-state index in [0.29, 0.717) is 0 Å². The molecule has 0 aromatic rings. The minimum atomic E-state index is -1.24. The van der Waals surface area contributed by atoms with Gasteiger partial charge in [0.2, 0.25) is 0 Å². The molecule has 0 aliphatic rings. The second-order valence-corrected chi connectivity index (χ2v) is 8.97. The molecule has 0 amide bonds. The van der Waals surface area contributed by atoms with Crippen molar-refractivity contribution in [1.29, 1.82) is 0 Å². The molecule has 0 spiro atoms. The number of hydrogen-bond donors (Lipinski definition) is 8. The van der Waals surface area contributed by atoms with Crippen LogP contribution < -0.4 is 0 Å². The van der Waals surface area contributed by atoms with Gasteiger partial charge in [0, 0.05) is 11.1 Å². The molecular formula is C23H42O13. The van der Waals surface area contributed by atoms with E-state index < -0.39 is 81.0 Å². The molecule has 13 heteroatoms. The number of esters is 2. The number of aliphatic hydroxyl groups is 8. The van der Waals surface area contributed by atoms with E-state index in [1.54, 1.807) is 0 Å². The average molecular weight is 527 g/mol. The predicted molar refractivity (Wildman–Crippen MR) is 126 cm³/mol. The van der Waals surface area contributed by atoms with Crippen molar-refractivity contribution in [3.05, 3.63) is 24.3 Å². The van der Waals surface area contributed by atoms with Crippen molar-refractivity contribution in [2.75, 3.05) is 79.3 Å². The lowest BCUT2D eigenvalue weighted by atomic mass is 9.91. The van der Waals surface area contributed by atoms with Crippen LogP contribution in [0.15, 0.2) is 24.3 Å². The highest BCUT2D eigenvalue weighted by molar-refractivity contribution is 5.87. The molecule has 0 rings (SSSR count). The van der Waals surface area contributed by atoms with Gasteiger partial charge in [-0.2, -0.15) is 0 Å². The summed E-state index contributed by atoms with van der Waals surface area (Å²) in [4.78, 5) is 22.5. The molecule has 212 valence electrons. The molecule has 0 atom stereocenters. The van der Waals surface area contributed by atoms with E-state index in [4.69, 9.17) is 44.8 Å². The number of aliphatic hydroxyl groups excluding tert-OH is 8. The smallest absolute Gasteiger partial charge is 0.333 e. The topological polar surface area (TPSA) is 224 Å². The van der Waals surface area contributed by atoms with Crippen molar-refractivity contribution in [1.82, 2.24) is 0 Å². The Morgan fingerprint density at radius 3 is 0.972 bits per heavy atom. The second kappa shape index (κ2) is 18.3. The summed E-state index contributed by atoms with van der Waals surface area (Å²) in [7, 11) is 0. The van der Waals surface area contributed by atoms with Crippen LogP contribution in [-0.2, 0) is 23.8 Å². The van der Waals surface area contributed by atoms with E-state index in [1.165, 1.54) is 13.8 Å². The molecule has 0 aromatic carbocycles. The fraction of sp³-hybridized carbons (Fsp3) is 0.739. The second-order valence-electron chi connectivity index (χ2n) is 8.97. The number of carbonyl (C=O) groups is 2. The standard InChI is InChI=1S/C13H20O6.C10H22O7/c1-9(2)11(16)18-7-13(5-14,6-15)8-19-12(17)10(3)4;11-1-9(2-12,3-13)7-17-8-10(4-14,5-15)6-16/h14-15H,1,3,5-8H2,2,4H3;11-16H,1-8H2. The quantitative estimate of drug-likeness (QED) is 0.0665. The van der Waals surface area contributed by atoms with E-state index in [-0.39, 0.29) is 37.6 Å². The Bertz CT molecular complexity index is 596. The molecule has 36 heavy (non-hydrogen) atoms. The van der Waals surface area contributed by atoms with Gasteiger partial charge in [-0.05, 0) is 13.8 Å². The molecule has 0 heterocycles. The van der Waals surface area contributed by atoms with Crippen molar-refractivity contribution in [2.24, 2.45) is 16.2 Å². The highest BCUT2D eigenvalue weighted by Crippen LogP contribution is 2.20. The van der Waals surface area contributed by atoms with E-state index in [1.807, 2.05) is 0 Å². The molecule has 0 saturated heterocycles. The Morgan fingerprint density at radius 2 is 0.778 bits per heavy atom. The van der Waals surface area contributed by atoms with Crippen LogP contribution in [0.3, 0.4) is 0 Å². The van der Waals surface area contributed by atoms with Crippen LogP contribution in [0.4, 0.5) is 0 Å². The molecule has 0 bridgehead atoms. The van der Waals surface area contributed by atoms with Gasteiger partial charge in [0.1, 0.15) is 13.2 Å². The minimum Gasteiger partial charge on any atom is -0.461 e. The van der Waals surface area contributed by atoms with Gasteiger partial charge in [0.05, 0.1) is 82.3 Å². The lowest BCUT2D eigenvalue weighted by Gasteiger charge is -2.31. The van der Waals surface area contributed by atoms with E-state index in [0.717, 1.165) is 0 Å². The number of carbonyl (C=O) groups excluding carboxylic acids is 2. The molecule has 8 N–H and O–H groups in total. The molecule has 0 saturated carbocycles. The zero-order valence-corrected chi connectivity index (χ0v) is 21.0. The fourth-order valence-corrected chi connectivity index (χ4v) is 2.02. The summed E-state index contributed by atoms with van der Waals surface area (Å²) < 4.78 is 14.9. The summed E-state index contributed by atoms with van der Waals surface area (Å²) in [5, 5.41) is 72.8. The van der Waals surface area contributed by atoms with E-state index in [9.17, 15) is 19.8 Å². The van der Waals surface area contributed by atoms with Crippen LogP contribution in [0, 0.1) is 16.2 Å². The van der Waals surface area contributed by atoms with Crippen LogP contribution in [0.1, 0.15) is 13.8 Å². The number of rotatable bonds is 18. The molecule has 0 unspecified atom stereocenters. The number of hydrogen-bond acceptors (Lipinski definition) is 13. The first-order valence-electron chi connectivity index (χ1n) is 11.0. The normalized spacial score (nSPS) is 11.8. The Morgan fingerprint density at radius 1 is 0.528 bits per heavy atom. The Balaban J connectivity index is 0. The SMILES string of the molecule is C=C(C)C(=O)OCC(CO)(CO)COC(=O)C(=C)C.OCC(CO)(CO)COCC(CO)(CO)CO. The molecule has 0 aliphatic heterocycles. The van der Waals surface area contributed by atoms with Gasteiger partial charge < -0.3 is 55.1 Å². The maximum absolute atomic E-state index is 11.3. The summed E-state index contributed by atoms with van der Waals surface area (Å²) in [5.74, 6) is -1.28. The molecule has 0 fully saturated rings. The van der Waals surface area contributed by atoms with Gasteiger partial charge in [-0.25, -0.2) is 9.59 Å². The van der Waals surface area contributed by atoms with Crippen molar-refractivity contribution >= 4 is 11.9 Å². The van der Waals surface area contributed by atoms with Crippen LogP contribution in [-0.4, -0.2) is 132 Å². The van der Waals surface area contributed by atoms with Gasteiger partial charge >= 0.3 is 11.9 Å². The lowest BCUT2D eigenvalue weighted by Crippen LogP contribution is -2.43. The first-order chi connectivity index (χ1) is 16.8. The predicted octanol–water partition coefficient (Wildman–Crippen LogP) is -2.87. The fourth-order valence-electron chi connectivity index (χ4n) is 2.02. The zero-order chi connectivity index (χ0) is 28.4. The van der Waals surface area contributed by atoms with Gasteiger partial charge in [0.25, 0.3) is 0 Å². The summed E-state index contributed by atoms with van der Waals surface area (Å²) in [6.07, 6.45) is 0. The van der Waals surface area contributed by atoms with E-state index >= 15 is 0 Å². The summed E-state index contributed by atoms with van der Waals surface area (Å²) >= 11 is 0. The first-order valence-corrected chi connectivity index (χ1v) is 11.0. The summed E-state index contributed by atoms with van der Waals surface area (Å²) in [6, 6.07) is 0. The Labute approximate surface area is 210 Å². The van der Waals surface area contributed by atoms with Crippen LogP contribution in [0.5, 0.6) is 0 Å². The van der Waals surface area contributed by atoms with Crippen molar-refractivity contribution < 1.29 is 64.7 Å². The zero-order valence-electron chi connectivity index (χ0n) is 21.0. The first kappa shape index (κ1) is 36.2. The monoisotopic (exact) mass is 526 g/mol. The van der Waals surface area contributed by atoms with Gasteiger partial charge in [-0.15, -0.1) is 0 Å². The Hall–Kier alpha value is -1.94. The third-order valence-corrected chi connectivity index (χ3v) is 5.22. The van der Waals surface area contributed by atoms with Crippen LogP contribution in [0.2, 0.25) is 0 Å². The highest BCUT2D eigenvalue weighted by Gasteiger charge is 2.34. The number of ether oxygens (including phenoxy) is 3. The van der Waals surface area contributed by atoms with Gasteiger partial charge in [-0.1, -0.05) is 13.2 Å². The maximum Gasteiger partial charge on any atom is 0.333 e. The molecular weight excluding hydrogens is 484 g/mol. The highest BCUT2D eigenvalue weighted by atomic mass is 16.6.